The van der Waals surface area contributed by atoms with Gasteiger partial charge in [0.15, 0.2) is 5.82 Å². The summed E-state index contributed by atoms with van der Waals surface area (Å²) in [6.45, 7) is 5.99. The van der Waals surface area contributed by atoms with Crippen LogP contribution in [0.4, 0.5) is 23.4 Å². The second-order valence-electron chi connectivity index (χ2n) is 9.87. The Labute approximate surface area is 261 Å². The molecular weight excluding hydrogens is 622 g/mol. The number of nitrogens with zero attached hydrogens (tertiary/aromatic N) is 4. The van der Waals surface area contributed by atoms with Crippen LogP contribution >= 0.6 is 23.4 Å². The van der Waals surface area contributed by atoms with Gasteiger partial charge in [-0.3, -0.25) is 0 Å². The van der Waals surface area contributed by atoms with Crippen molar-refractivity contribution in [3.8, 4) is 23.2 Å². The number of halogens is 5. The van der Waals surface area contributed by atoms with E-state index in [-0.39, 0.29) is 62.5 Å². The van der Waals surface area contributed by atoms with Gasteiger partial charge in [0.25, 0.3) is 5.92 Å². The predicted octanol–water partition coefficient (Wildman–Crippen LogP) is 6.42. The summed E-state index contributed by atoms with van der Waals surface area (Å²) in [7, 11) is 1.41. The molecule has 1 unspecified atom stereocenters. The van der Waals surface area contributed by atoms with Crippen LogP contribution in [0.15, 0.2) is 28.8 Å². The highest BCUT2D eigenvalue weighted by Crippen LogP contribution is 2.48. The van der Waals surface area contributed by atoms with Crippen LogP contribution < -0.4 is 15.4 Å². The van der Waals surface area contributed by atoms with E-state index >= 15 is 4.39 Å². The summed E-state index contributed by atoms with van der Waals surface area (Å²) in [6, 6.07) is 6.29. The van der Waals surface area contributed by atoms with Crippen molar-refractivity contribution in [3.63, 3.8) is 0 Å². The summed E-state index contributed by atoms with van der Waals surface area (Å²) in [5.74, 6) is -3.75. The molecular formula is C30H32ClF4N5O3S. The van der Waals surface area contributed by atoms with Gasteiger partial charge in [0.05, 0.1) is 41.7 Å². The smallest absolute Gasteiger partial charge is 0.318 e. The van der Waals surface area contributed by atoms with Crippen molar-refractivity contribution in [2.75, 3.05) is 50.7 Å². The molecule has 6 rings (SSSR count). The highest BCUT2D eigenvalue weighted by Gasteiger charge is 2.56. The monoisotopic (exact) mass is 653 g/mol. The number of nitriles is 1. The zero-order valence-electron chi connectivity index (χ0n) is 24.4. The molecule has 3 heterocycles. The lowest BCUT2D eigenvalue weighted by Crippen LogP contribution is -2.27. The molecule has 1 atom stereocenters. The number of nitrogens with two attached hydrogens (primary N) is 1. The Hall–Kier alpha value is -3.31. The fraction of sp³-hybridized carbons (Fsp3) is 0.433. The number of thioether (sulfide) groups is 1. The largest absolute Gasteiger partial charge is 0.467 e. The van der Waals surface area contributed by atoms with E-state index < -0.39 is 23.5 Å². The topological polar surface area (TPSA) is 118 Å². The van der Waals surface area contributed by atoms with E-state index in [4.69, 9.17) is 31.9 Å². The highest BCUT2D eigenvalue weighted by atomic mass is 35.5. The molecule has 2 aliphatic heterocycles. The number of fused-ring (bicyclic) bond motifs is 2. The quantitative estimate of drug-likeness (QED) is 0.308. The number of rotatable bonds is 4. The second-order valence-corrected chi connectivity index (χ2v) is 11.3. The molecule has 236 valence electrons. The maximum absolute atomic E-state index is 16.3. The summed E-state index contributed by atoms with van der Waals surface area (Å²) < 4.78 is 65.0. The number of alkyl halides is 2. The Morgan fingerprint density at radius 2 is 1.95 bits per heavy atom. The van der Waals surface area contributed by atoms with E-state index in [1.54, 1.807) is 6.07 Å². The van der Waals surface area contributed by atoms with Crippen molar-refractivity contribution >= 4 is 45.7 Å². The molecule has 14 heteroatoms. The molecule has 1 saturated heterocycles. The molecule has 3 aliphatic rings. The molecule has 2 fully saturated rings. The van der Waals surface area contributed by atoms with E-state index in [9.17, 15) is 18.4 Å². The van der Waals surface area contributed by atoms with Crippen molar-refractivity contribution < 1.29 is 32.1 Å². The van der Waals surface area contributed by atoms with Gasteiger partial charge in [-0.1, -0.05) is 31.5 Å². The molecule has 8 nitrogen and oxygen atoms in total. The Kier molecular flexibility index (Phi) is 10.8. The fourth-order valence-electron chi connectivity index (χ4n) is 4.83. The number of ether oxygens (including phenoxy) is 2. The lowest BCUT2D eigenvalue weighted by atomic mass is 9.92. The predicted molar refractivity (Wildman–Crippen MR) is 163 cm³/mol. The maximum Gasteiger partial charge on any atom is 0.318 e. The van der Waals surface area contributed by atoms with Crippen LogP contribution in [0.1, 0.15) is 32.3 Å². The SMILES string of the molecule is CC.COc1nc(N2CCCOCC2)c2cc(Cl)c(-c3ccc(F)c4c3C(C#N)=C(N)CS4)c(F)c2n1.OCC1CC1(F)F. The zero-order chi connectivity index (χ0) is 32.2. The lowest BCUT2D eigenvalue weighted by Gasteiger charge is -2.24. The van der Waals surface area contributed by atoms with E-state index in [2.05, 4.69) is 9.97 Å². The number of anilines is 1. The van der Waals surface area contributed by atoms with Crippen molar-refractivity contribution in [3.05, 3.63) is 46.1 Å². The van der Waals surface area contributed by atoms with Crippen molar-refractivity contribution in [2.45, 2.75) is 37.5 Å². The van der Waals surface area contributed by atoms with Gasteiger partial charge in [-0.25, -0.2) is 17.6 Å². The van der Waals surface area contributed by atoms with Crippen molar-refractivity contribution in [2.24, 2.45) is 11.7 Å². The Balaban J connectivity index is 0.000000427. The molecule has 1 aromatic heterocycles. The third-order valence-electron chi connectivity index (χ3n) is 7.16. The van der Waals surface area contributed by atoms with Gasteiger partial charge >= 0.3 is 6.01 Å². The van der Waals surface area contributed by atoms with Crippen LogP contribution in [0.3, 0.4) is 0 Å². The number of hydrogen-bond donors (Lipinski definition) is 2. The minimum atomic E-state index is -2.53. The first-order valence-corrected chi connectivity index (χ1v) is 15.4. The van der Waals surface area contributed by atoms with Crippen LogP contribution in [-0.2, 0) is 4.74 Å². The number of aromatic nitrogens is 2. The van der Waals surface area contributed by atoms with Gasteiger partial charge in [-0.2, -0.15) is 15.2 Å². The Morgan fingerprint density at radius 3 is 2.57 bits per heavy atom. The third kappa shape index (κ3) is 6.68. The summed E-state index contributed by atoms with van der Waals surface area (Å²) in [5, 5.41) is 18.3. The number of methoxy groups -OCH3 is 1. The van der Waals surface area contributed by atoms with Crippen molar-refractivity contribution in [1.29, 1.82) is 5.26 Å². The molecule has 0 spiro atoms. The molecule has 0 amide bonds. The molecule has 0 bridgehead atoms. The number of allylic oxidation sites excluding steroid dienone is 1. The van der Waals surface area contributed by atoms with Gasteiger partial charge in [0.2, 0.25) is 0 Å². The van der Waals surface area contributed by atoms with Crippen LogP contribution in [-0.4, -0.2) is 66.8 Å². The van der Waals surface area contributed by atoms with Gasteiger partial charge in [-0.15, -0.1) is 11.8 Å². The van der Waals surface area contributed by atoms with Gasteiger partial charge < -0.3 is 25.2 Å². The minimum absolute atomic E-state index is 0.00313. The summed E-state index contributed by atoms with van der Waals surface area (Å²) in [6.07, 6.45) is 0.662. The summed E-state index contributed by atoms with van der Waals surface area (Å²) >= 11 is 7.83. The second kappa shape index (κ2) is 14.2. The van der Waals surface area contributed by atoms with E-state index in [0.29, 0.717) is 43.2 Å². The number of aliphatic hydroxyl groups excluding tert-OH is 1. The summed E-state index contributed by atoms with van der Waals surface area (Å²) in [4.78, 5) is 11.0. The molecule has 44 heavy (non-hydrogen) atoms. The summed E-state index contributed by atoms with van der Waals surface area (Å²) in [5.41, 5.74) is 6.96. The van der Waals surface area contributed by atoms with Crippen LogP contribution in [0.25, 0.3) is 27.6 Å². The molecule has 3 N–H and O–H groups in total. The van der Waals surface area contributed by atoms with Crippen LogP contribution in [0, 0.1) is 28.9 Å². The van der Waals surface area contributed by atoms with E-state index in [0.717, 1.165) is 18.2 Å². The fourth-order valence-corrected chi connectivity index (χ4v) is 6.13. The van der Waals surface area contributed by atoms with E-state index in [1.165, 1.54) is 19.2 Å². The Bertz CT molecular complexity index is 1610. The zero-order valence-corrected chi connectivity index (χ0v) is 26.0. The van der Waals surface area contributed by atoms with Gasteiger partial charge in [0, 0.05) is 54.1 Å². The molecule has 2 aromatic carbocycles. The molecule has 3 aromatic rings. The number of benzene rings is 2. The average Bonchev–Trinajstić information content (AvgIpc) is 3.74. The van der Waals surface area contributed by atoms with Crippen LogP contribution in [0.2, 0.25) is 5.02 Å². The maximum atomic E-state index is 16.3. The average molecular weight is 654 g/mol. The van der Waals surface area contributed by atoms with Gasteiger partial charge in [-0.05, 0) is 24.1 Å². The van der Waals surface area contributed by atoms with E-state index in [1.807, 2.05) is 24.8 Å². The lowest BCUT2D eigenvalue weighted by molar-refractivity contribution is 0.0822. The van der Waals surface area contributed by atoms with Gasteiger partial charge in [0.1, 0.15) is 23.2 Å². The number of aliphatic hydroxyl groups is 1. The number of hydrogen-bond acceptors (Lipinski definition) is 9. The first-order valence-electron chi connectivity index (χ1n) is 14.0. The first-order chi connectivity index (χ1) is 21.1. The van der Waals surface area contributed by atoms with Crippen molar-refractivity contribution in [1.82, 2.24) is 9.97 Å². The third-order valence-corrected chi connectivity index (χ3v) is 8.60. The van der Waals surface area contributed by atoms with Crippen LogP contribution in [0.5, 0.6) is 6.01 Å². The Morgan fingerprint density at radius 1 is 1.23 bits per heavy atom. The molecule has 0 radical (unpaired) electrons. The minimum Gasteiger partial charge on any atom is -0.467 e. The standard InChI is InChI=1S/C24H20ClF2N5O2S.C4H6F2O.C2H6/c1-33-24-30-21-13(23(31-24)32-5-2-7-34-8-6-32)9-15(25)19(20(21)27)12-3-4-16(26)22-18(12)14(10-28)17(29)11-35-22;5-4(6)1-3(4)2-7;1-2/h3-4,9H,2,5-8,11,29H2,1H3;3,7H,1-2H2;1-2H3. The normalized spacial score (nSPS) is 18.6. The highest BCUT2D eigenvalue weighted by molar-refractivity contribution is 7.99. The molecule has 1 aliphatic carbocycles. The first kappa shape index (κ1) is 33.6. The molecule has 1 saturated carbocycles.